The van der Waals surface area contributed by atoms with Crippen LogP contribution in [0.1, 0.15) is 26.2 Å². The van der Waals surface area contributed by atoms with Crippen LogP contribution in [0.5, 0.6) is 0 Å². The Morgan fingerprint density at radius 2 is 2.12 bits per heavy atom. The summed E-state index contributed by atoms with van der Waals surface area (Å²) in [4.78, 5) is 24.1. The molecule has 0 aliphatic heterocycles. The van der Waals surface area contributed by atoms with Crippen LogP contribution in [-0.2, 0) is 34.8 Å². The monoisotopic (exact) mass is 656 g/mol. The zero-order valence-electron chi connectivity index (χ0n) is 8.93. The summed E-state index contributed by atoms with van der Waals surface area (Å²) >= 11 is 0. The van der Waals surface area contributed by atoms with Gasteiger partial charge in [0.25, 0.3) is 11.1 Å². The van der Waals surface area contributed by atoms with Crippen molar-refractivity contribution in [1.82, 2.24) is 0 Å². The Bertz CT molecular complexity index is 224. The molecule has 0 unspecified atom stereocenters. The number of rotatable bonds is 7. The van der Waals surface area contributed by atoms with Crippen molar-refractivity contribution >= 4 is 5.97 Å². The fourth-order valence-corrected chi connectivity index (χ4v) is 0.655. The summed E-state index contributed by atoms with van der Waals surface area (Å²) in [5.41, 5.74) is 0. The first kappa shape index (κ1) is 19.6. The van der Waals surface area contributed by atoms with Gasteiger partial charge in [-0.2, -0.15) is 0 Å². The molecule has 1 radical (unpaired) electrons. The summed E-state index contributed by atoms with van der Waals surface area (Å²) in [5, 5.41) is 8.56. The van der Waals surface area contributed by atoms with E-state index in [1.54, 1.807) is 0 Å². The summed E-state index contributed by atoms with van der Waals surface area (Å²) in [6, 6.07) is 0. The second-order valence-electron chi connectivity index (χ2n) is 2.33. The molecule has 0 aromatic heterocycles. The average molecular weight is 655 g/mol. The molecule has 0 saturated heterocycles. The van der Waals surface area contributed by atoms with Crippen molar-refractivity contribution in [1.29, 1.82) is 0 Å². The second kappa shape index (κ2) is 13.1. The van der Waals surface area contributed by atoms with Crippen LogP contribution in [0.2, 0.25) is 0 Å². The van der Waals surface area contributed by atoms with Crippen molar-refractivity contribution in [2.24, 2.45) is 0 Å². The Hall–Kier alpha value is -1.93. The number of ether oxygens (including phenoxy) is 1. The molecule has 0 heterocycles. The van der Waals surface area contributed by atoms with Gasteiger partial charge < -0.3 is 9.57 Å². The van der Waals surface area contributed by atoms with Gasteiger partial charge in [-0.05, 0) is 12.8 Å². The van der Waals surface area contributed by atoms with Gasteiger partial charge >= 0.3 is 0 Å². The van der Waals surface area contributed by atoms with Gasteiger partial charge in [0.15, 0.2) is 0 Å². The largest absolute Gasteiger partial charge is 0.611 e. The molecular weight excluding hydrogens is 643 g/mol. The maximum absolute atomic E-state index is 10.8. The van der Waals surface area contributed by atoms with Crippen LogP contribution >= 0.6 is 0 Å². The Labute approximate surface area is 101 Å². The summed E-state index contributed by atoms with van der Waals surface area (Å²) < 4.78 is 4.27. The maximum atomic E-state index is 10.8. The van der Waals surface area contributed by atoms with E-state index in [1.165, 1.54) is 0 Å². The molecule has 0 aliphatic carbocycles. The molecule has 0 fully saturated rings. The van der Waals surface area contributed by atoms with E-state index in [0.29, 0.717) is 13.2 Å². The number of hydrogen-bond donors (Lipinski definition) is 0. The number of carbonyl (C=O) groups excluding carboxylic acids is 1. The molecule has 0 aromatic rings. The second-order valence-corrected chi connectivity index (χ2v) is 2.33. The molecule has 16 heavy (non-hydrogen) atoms. The first-order chi connectivity index (χ1) is 6.66. The van der Waals surface area contributed by atoms with Crippen LogP contribution in [0.15, 0.2) is 12.2 Å². The van der Waals surface area contributed by atoms with E-state index in [1.807, 2.05) is 19.1 Å². The van der Waals surface area contributed by atoms with Crippen LogP contribution in [0.25, 0.3) is 0 Å². The minimum absolute atomic E-state index is 0. The van der Waals surface area contributed by atoms with Gasteiger partial charge in [-0.15, -0.1) is 10.1 Å². The van der Waals surface area contributed by atoms with Gasteiger partial charge in [0.2, 0.25) is 0 Å². The van der Waals surface area contributed by atoms with E-state index in [-0.39, 0.29) is 26.8 Å². The predicted molar refractivity (Wildman–Crippen MR) is 47.1 cm³/mol. The van der Waals surface area contributed by atoms with Crippen molar-refractivity contribution < 1.29 is 39.9 Å². The zero-order valence-corrected chi connectivity index (χ0v) is 18.0. The molecule has 0 rings (SSSR count). The SMILES string of the molecule is CC/C=C\CCC(=O)O[CH-]O[N+](=O)[O-].[Re].[Rf]. The quantitative estimate of drug-likeness (QED) is 0.137. The van der Waals surface area contributed by atoms with Gasteiger partial charge in [-0.3, -0.25) is 4.79 Å². The zero-order chi connectivity index (χ0) is 10.8. The van der Waals surface area contributed by atoms with E-state index in [0.717, 1.165) is 6.42 Å². The molecule has 0 atom stereocenters. The first-order valence-corrected chi connectivity index (χ1v) is 4.14. The fraction of sp³-hybridized carbons (Fsp3) is 0.500. The van der Waals surface area contributed by atoms with Crippen LogP contribution in [0, 0.1) is 16.9 Å². The van der Waals surface area contributed by atoms with E-state index in [9.17, 15) is 14.9 Å². The van der Waals surface area contributed by atoms with E-state index >= 15 is 0 Å². The molecule has 0 aromatic carbocycles. The normalized spacial score (nSPS) is 8.81. The van der Waals surface area contributed by atoms with Gasteiger partial charge in [0, 0.05) is 33.6 Å². The topological polar surface area (TPSA) is 78.7 Å². The first-order valence-electron chi connectivity index (χ1n) is 4.14. The molecule has 6 nitrogen and oxygen atoms in total. The van der Waals surface area contributed by atoms with Crippen LogP contribution in [-0.4, -0.2) is 11.1 Å². The summed E-state index contributed by atoms with van der Waals surface area (Å²) in [5.74, 6) is -0.562. The molecule has 0 spiro atoms. The maximum Gasteiger partial charge on any atom is 0.276 e. The molecular formula is C8H12NO5ReRf-. The third-order valence-corrected chi connectivity index (χ3v) is 1.23. The fourth-order valence-electron chi connectivity index (χ4n) is 0.655. The van der Waals surface area contributed by atoms with Crippen molar-refractivity contribution in [3.8, 4) is 0 Å². The van der Waals surface area contributed by atoms with Crippen molar-refractivity contribution in [3.05, 3.63) is 29.1 Å². The Kier molecular flexibility index (Phi) is 16.0. The Balaban J connectivity index is -0.000000845. The minimum atomic E-state index is -1.07. The standard InChI is InChI=1S/C8H12NO5.Re.Rf/c1-2-3-4-5-6-8(10)13-7-14-9(11)12;;/h3-4,7H,2,5-6H2,1H3;;/q-1;;/b4-3-;;. The van der Waals surface area contributed by atoms with Crippen LogP contribution in [0.4, 0.5) is 0 Å². The van der Waals surface area contributed by atoms with Gasteiger partial charge in [-0.1, -0.05) is 19.1 Å². The number of nitrogens with zero attached hydrogens (tertiary/aromatic N) is 1. The number of allylic oxidation sites excluding steroid dienone is 2. The molecule has 0 bridgehead atoms. The average Bonchev–Trinajstić information content (AvgIpc) is 2.12. The number of hydrogen-bond acceptors (Lipinski definition) is 5. The third kappa shape index (κ3) is 14.6. The molecule has 0 aliphatic rings. The smallest absolute Gasteiger partial charge is 0.276 e. The number of carbonyl (C=O) groups is 1. The van der Waals surface area contributed by atoms with Gasteiger partial charge in [0.05, 0.1) is 0 Å². The van der Waals surface area contributed by atoms with Crippen molar-refractivity contribution in [3.63, 3.8) is 0 Å². The minimum Gasteiger partial charge on any atom is -0.611 e. The molecule has 0 saturated carbocycles. The van der Waals surface area contributed by atoms with E-state index in [2.05, 4.69) is 9.57 Å². The van der Waals surface area contributed by atoms with Crippen molar-refractivity contribution in [2.75, 3.05) is 0 Å². The molecule has 8 heteroatoms. The van der Waals surface area contributed by atoms with E-state index in [4.69, 9.17) is 0 Å². The molecule has 0 N–H and O–H groups in total. The summed E-state index contributed by atoms with van der Waals surface area (Å²) in [7, 11) is 0. The summed E-state index contributed by atoms with van der Waals surface area (Å²) in [6.07, 6.45) is 5.40. The van der Waals surface area contributed by atoms with Gasteiger partial charge in [-0.25, -0.2) is 0 Å². The number of esters is 1. The van der Waals surface area contributed by atoms with E-state index < -0.39 is 11.1 Å². The van der Waals surface area contributed by atoms with Crippen LogP contribution in [0.3, 0.4) is 0 Å². The summed E-state index contributed by atoms with van der Waals surface area (Å²) in [6.45, 7) is 2.39. The third-order valence-electron chi connectivity index (χ3n) is 1.23. The Morgan fingerprint density at radius 3 is 2.62 bits per heavy atom. The van der Waals surface area contributed by atoms with Crippen LogP contribution < -0.4 is 0 Å². The Morgan fingerprint density at radius 1 is 1.50 bits per heavy atom. The molecule has 89 valence electrons. The molecule has 0 amide bonds. The predicted octanol–water partition coefficient (Wildman–Crippen LogP) is 1.60. The van der Waals surface area contributed by atoms with Gasteiger partial charge in [0.1, 0.15) is 0 Å². The van der Waals surface area contributed by atoms with Crippen molar-refractivity contribution in [2.45, 2.75) is 26.2 Å².